The average Bonchev–Trinajstić information content (AvgIpc) is 3.22. The van der Waals surface area contributed by atoms with Crippen LogP contribution in [0, 0.1) is 12.8 Å². The molecule has 3 aromatic rings. The van der Waals surface area contributed by atoms with Gasteiger partial charge in [0.15, 0.2) is 5.44 Å². The Hall–Kier alpha value is -2.81. The number of aryl methyl sites for hydroxylation is 1. The van der Waals surface area contributed by atoms with Crippen molar-refractivity contribution in [2.45, 2.75) is 126 Å². The number of benzene rings is 3. The van der Waals surface area contributed by atoms with E-state index in [0.29, 0.717) is 68.3 Å². The van der Waals surface area contributed by atoms with Gasteiger partial charge in [0.25, 0.3) is 0 Å². The van der Waals surface area contributed by atoms with Crippen LogP contribution in [-0.2, 0) is 39.8 Å². The maximum absolute atomic E-state index is 15.0. The van der Waals surface area contributed by atoms with Crippen LogP contribution in [0.25, 0.3) is 0 Å². The van der Waals surface area contributed by atoms with E-state index in [1.807, 2.05) is 37.3 Å². The molecular weight excluding hydrogens is 793 g/mol. The van der Waals surface area contributed by atoms with Gasteiger partial charge in [-0.05, 0) is 103 Å². The van der Waals surface area contributed by atoms with Gasteiger partial charge in [-0.3, -0.25) is 0 Å². The van der Waals surface area contributed by atoms with Crippen molar-refractivity contribution in [3.63, 3.8) is 0 Å². The Morgan fingerprint density at radius 1 is 0.850 bits per heavy atom. The molecular formula is C48H74N2O8SSi. The standard InChI is InChI=1S/C48H74N2O8SSi/c1-34(2)60(35(3)4,36(5)6)58-38(8)14-17-42-31-49-32-46(47(42)40-18-15-39(16-19-40)33-55-29-28-54-10)57-48(59(51,52)43-21-12-37(7)13-22-43)41-20-23-45-44(30-41)50(25-27-56-45)24-11-26-53-9/h12-13,15-16,18-23,30,34-36,38,42,46-49H,11,14,17,24-29,31-33H2,1-10H3/t38?,42-,46+,47+,48?/m1/s1. The number of nitrogens with zero attached hydrogens (tertiary/aromatic N) is 1. The van der Waals surface area contributed by atoms with Crippen molar-refractivity contribution in [2.24, 2.45) is 5.92 Å². The van der Waals surface area contributed by atoms with E-state index in [9.17, 15) is 8.42 Å². The van der Waals surface area contributed by atoms with Gasteiger partial charge in [0.2, 0.25) is 18.2 Å². The second-order valence-electron chi connectivity index (χ2n) is 17.8. The molecule has 0 amide bonds. The Morgan fingerprint density at radius 2 is 1.53 bits per heavy atom. The number of rotatable bonds is 23. The van der Waals surface area contributed by atoms with Gasteiger partial charge < -0.3 is 38.3 Å². The van der Waals surface area contributed by atoms with Crippen LogP contribution in [0.2, 0.25) is 16.6 Å². The highest BCUT2D eigenvalue weighted by atomic mass is 32.2. The van der Waals surface area contributed by atoms with Gasteiger partial charge in [-0.1, -0.05) is 89.6 Å². The third-order valence-corrected chi connectivity index (χ3v) is 20.8. The molecule has 5 atom stereocenters. The number of methoxy groups -OCH3 is 2. The molecule has 12 heteroatoms. The fourth-order valence-corrected chi connectivity index (χ4v) is 16.9. The molecule has 2 unspecified atom stereocenters. The molecule has 1 fully saturated rings. The molecule has 0 saturated carbocycles. The third-order valence-electron chi connectivity index (χ3n) is 12.7. The first kappa shape index (κ1) is 48.2. The first-order valence-electron chi connectivity index (χ1n) is 22.2. The minimum absolute atomic E-state index is 0.0774. The zero-order valence-electron chi connectivity index (χ0n) is 38.1. The molecule has 60 heavy (non-hydrogen) atoms. The smallest absolute Gasteiger partial charge is 0.209 e. The quantitative estimate of drug-likeness (QED) is 0.0732. The van der Waals surface area contributed by atoms with Gasteiger partial charge in [0.05, 0.1) is 43.1 Å². The molecule has 334 valence electrons. The molecule has 1 saturated heterocycles. The van der Waals surface area contributed by atoms with Crippen LogP contribution >= 0.6 is 0 Å². The average molecular weight is 867 g/mol. The first-order chi connectivity index (χ1) is 28.7. The number of ether oxygens (including phenoxy) is 5. The summed E-state index contributed by atoms with van der Waals surface area (Å²) < 4.78 is 66.8. The zero-order valence-corrected chi connectivity index (χ0v) is 39.9. The van der Waals surface area contributed by atoms with E-state index in [1.54, 1.807) is 26.4 Å². The maximum atomic E-state index is 15.0. The lowest BCUT2D eigenvalue weighted by Crippen LogP contribution is -2.50. The molecule has 0 aromatic heterocycles. The fraction of sp³-hybridized carbons (Fsp3) is 0.625. The Labute approximate surface area is 363 Å². The topological polar surface area (TPSA) is 105 Å². The number of piperidine rings is 1. The summed E-state index contributed by atoms with van der Waals surface area (Å²) in [5, 5.41) is 3.68. The number of hydrogen-bond acceptors (Lipinski definition) is 10. The summed E-state index contributed by atoms with van der Waals surface area (Å²) >= 11 is 0. The minimum Gasteiger partial charge on any atom is -0.490 e. The van der Waals surface area contributed by atoms with Crippen molar-refractivity contribution in [1.82, 2.24) is 5.32 Å². The van der Waals surface area contributed by atoms with E-state index in [-0.39, 0.29) is 22.8 Å². The zero-order chi connectivity index (χ0) is 43.5. The maximum Gasteiger partial charge on any atom is 0.209 e. The molecule has 10 nitrogen and oxygen atoms in total. The number of nitrogens with one attached hydrogen (secondary N) is 1. The van der Waals surface area contributed by atoms with Gasteiger partial charge in [-0.2, -0.15) is 0 Å². The van der Waals surface area contributed by atoms with Crippen LogP contribution in [0.1, 0.15) is 101 Å². The van der Waals surface area contributed by atoms with E-state index in [0.717, 1.165) is 60.5 Å². The van der Waals surface area contributed by atoms with Crippen molar-refractivity contribution in [2.75, 3.05) is 71.7 Å². The van der Waals surface area contributed by atoms with Gasteiger partial charge in [-0.25, -0.2) is 8.42 Å². The van der Waals surface area contributed by atoms with Crippen molar-refractivity contribution in [3.8, 4) is 5.75 Å². The SMILES string of the molecule is COCCCN1CCOc2ccc(C(O[C@H]3CNC[C@@H](CCC(C)O[Si](C(C)C)(C(C)C)C(C)C)[C@@H]3c3ccc(COCCOC)cc3)S(=O)(=O)c3ccc(C)cc3)cc21. The normalized spacial score (nSPS) is 19.8. The summed E-state index contributed by atoms with van der Waals surface area (Å²) in [5.74, 6) is 0.836. The predicted molar refractivity (Wildman–Crippen MR) is 245 cm³/mol. The van der Waals surface area contributed by atoms with Crippen LogP contribution in [-0.4, -0.2) is 95.8 Å². The summed E-state index contributed by atoms with van der Waals surface area (Å²) in [7, 11) is -2.72. The van der Waals surface area contributed by atoms with Crippen molar-refractivity contribution >= 4 is 23.8 Å². The molecule has 0 aliphatic carbocycles. The second-order valence-corrected chi connectivity index (χ2v) is 25.2. The van der Waals surface area contributed by atoms with E-state index in [4.69, 9.17) is 28.1 Å². The monoisotopic (exact) mass is 866 g/mol. The summed E-state index contributed by atoms with van der Waals surface area (Å²) in [6, 6.07) is 21.4. The minimum atomic E-state index is -4.02. The highest BCUT2D eigenvalue weighted by molar-refractivity contribution is 7.91. The lowest BCUT2D eigenvalue weighted by atomic mass is 9.76. The first-order valence-corrected chi connectivity index (χ1v) is 25.9. The number of hydrogen-bond donors (Lipinski definition) is 1. The Bertz CT molecular complexity index is 1830. The number of fused-ring (bicyclic) bond motifs is 1. The molecule has 2 aliphatic rings. The van der Waals surface area contributed by atoms with E-state index < -0.39 is 29.7 Å². The van der Waals surface area contributed by atoms with Crippen LogP contribution in [0.4, 0.5) is 5.69 Å². The molecule has 0 bridgehead atoms. The Kier molecular flexibility index (Phi) is 18.1. The molecule has 2 aliphatic heterocycles. The Balaban J connectivity index is 1.52. The van der Waals surface area contributed by atoms with E-state index >= 15 is 0 Å². The third kappa shape index (κ3) is 11.8. The van der Waals surface area contributed by atoms with Crippen molar-refractivity contribution < 1.29 is 36.5 Å². The van der Waals surface area contributed by atoms with E-state index in [2.05, 4.69) is 82.9 Å². The fourth-order valence-electron chi connectivity index (χ4n) is 9.71. The molecule has 2 heterocycles. The van der Waals surface area contributed by atoms with Crippen LogP contribution in [0.15, 0.2) is 71.6 Å². The van der Waals surface area contributed by atoms with Crippen LogP contribution in [0.3, 0.4) is 0 Å². The van der Waals surface area contributed by atoms with Gasteiger partial charge in [0, 0.05) is 45.9 Å². The molecule has 1 N–H and O–H groups in total. The largest absolute Gasteiger partial charge is 0.490 e. The van der Waals surface area contributed by atoms with Gasteiger partial charge in [-0.15, -0.1) is 0 Å². The molecule has 5 rings (SSSR count). The summed E-state index contributed by atoms with van der Waals surface area (Å²) in [6.45, 7) is 23.8. The Morgan fingerprint density at radius 3 is 2.18 bits per heavy atom. The lowest BCUT2D eigenvalue weighted by Gasteiger charge is -2.45. The number of anilines is 1. The molecule has 3 aromatic carbocycles. The highest BCUT2D eigenvalue weighted by Crippen LogP contribution is 2.45. The van der Waals surface area contributed by atoms with Crippen LogP contribution < -0.4 is 15.0 Å². The van der Waals surface area contributed by atoms with E-state index in [1.165, 1.54) is 0 Å². The van der Waals surface area contributed by atoms with Gasteiger partial charge in [0.1, 0.15) is 12.4 Å². The van der Waals surface area contributed by atoms with Gasteiger partial charge >= 0.3 is 0 Å². The summed E-state index contributed by atoms with van der Waals surface area (Å²) in [5.41, 5.74) is 4.89. The predicted octanol–water partition coefficient (Wildman–Crippen LogP) is 9.62. The van der Waals surface area contributed by atoms with Crippen molar-refractivity contribution in [3.05, 3.63) is 89.0 Å². The number of sulfone groups is 1. The van der Waals surface area contributed by atoms with Crippen molar-refractivity contribution in [1.29, 1.82) is 0 Å². The van der Waals surface area contributed by atoms with Crippen LogP contribution in [0.5, 0.6) is 5.75 Å². The lowest BCUT2D eigenvalue weighted by molar-refractivity contribution is -0.0172. The molecule has 0 radical (unpaired) electrons. The molecule has 0 spiro atoms. The second kappa shape index (κ2) is 22.5. The summed E-state index contributed by atoms with van der Waals surface area (Å²) in [6.07, 6.45) is 2.29. The summed E-state index contributed by atoms with van der Waals surface area (Å²) in [4.78, 5) is 2.50. The highest BCUT2D eigenvalue weighted by Gasteiger charge is 2.46.